The molecule has 0 bridgehead atoms. The molecule has 30 heavy (non-hydrogen) atoms. The topological polar surface area (TPSA) is 0 Å². The molecule has 0 saturated heterocycles. The average Bonchev–Trinajstić information content (AvgIpc) is 3.39. The molecule has 3 aromatic rings. The third-order valence-electron chi connectivity index (χ3n) is 6.39. The Morgan fingerprint density at radius 2 is 1.40 bits per heavy atom. The van der Waals surface area contributed by atoms with Crippen LogP contribution in [0.1, 0.15) is 99.4 Å². The first-order valence-corrected chi connectivity index (χ1v) is 13.7. The van der Waals surface area contributed by atoms with Gasteiger partial charge in [0.05, 0.1) is 0 Å². The molecule has 3 heteroatoms. The van der Waals surface area contributed by atoms with Gasteiger partial charge in [0.15, 0.2) is 0 Å². The fraction of sp³-hybridized carbons (Fsp3) is 0.556. The van der Waals surface area contributed by atoms with Crippen molar-refractivity contribution in [1.82, 2.24) is 0 Å². The fourth-order valence-electron chi connectivity index (χ4n) is 4.34. The van der Waals surface area contributed by atoms with E-state index in [0.29, 0.717) is 5.92 Å². The monoisotopic (exact) mass is 458 g/mol. The fourth-order valence-corrected chi connectivity index (χ4v) is 8.24. The van der Waals surface area contributed by atoms with Gasteiger partial charge in [0.1, 0.15) is 0 Å². The Balaban J connectivity index is 2.03. The number of hydrogen-bond donors (Lipinski definition) is 0. The molecule has 1 unspecified atom stereocenters. The van der Waals surface area contributed by atoms with Crippen LogP contribution in [0.3, 0.4) is 0 Å². The van der Waals surface area contributed by atoms with E-state index in [1.165, 1.54) is 25.8 Å². The lowest BCUT2D eigenvalue weighted by molar-refractivity contribution is 0.529. The van der Waals surface area contributed by atoms with Crippen molar-refractivity contribution >= 4 is 34.0 Å². The Morgan fingerprint density at radius 3 is 2.00 bits per heavy atom. The van der Waals surface area contributed by atoms with E-state index in [9.17, 15) is 0 Å². The standard InChI is InChI=1S/C27H38S3/c1-10-27(9,24-20(14-16-29-24)25(4,5)6)22-12-11-21(30-22)26(7,8)23-19(13-15-28-23)17-18(2)3/h11-16,18H,10,17H2,1-9H3. The van der Waals surface area contributed by atoms with Gasteiger partial charge in [-0.2, -0.15) is 0 Å². The van der Waals surface area contributed by atoms with E-state index in [0.717, 1.165) is 12.8 Å². The molecule has 164 valence electrons. The molecule has 3 rings (SSSR count). The molecule has 0 aliphatic heterocycles. The number of thiophene rings is 3. The van der Waals surface area contributed by atoms with Crippen LogP contribution in [-0.4, -0.2) is 0 Å². The van der Waals surface area contributed by atoms with Gasteiger partial charge in [-0.1, -0.05) is 55.4 Å². The highest BCUT2D eigenvalue weighted by Gasteiger charge is 2.37. The normalized spacial score (nSPS) is 15.0. The van der Waals surface area contributed by atoms with Crippen molar-refractivity contribution in [3.8, 4) is 0 Å². The third-order valence-corrected chi connectivity index (χ3v) is 10.5. The highest BCUT2D eigenvalue weighted by Crippen LogP contribution is 2.48. The SMILES string of the molecule is CCC(C)(c1ccc(C(C)(C)c2sccc2CC(C)C)s1)c1sccc1C(C)(C)C. The zero-order valence-corrected chi connectivity index (χ0v) is 22.6. The van der Waals surface area contributed by atoms with Crippen LogP contribution in [0.15, 0.2) is 35.0 Å². The molecule has 0 aliphatic carbocycles. The molecular weight excluding hydrogens is 420 g/mol. The third kappa shape index (κ3) is 4.36. The van der Waals surface area contributed by atoms with E-state index < -0.39 is 0 Å². The minimum atomic E-state index is 0.0538. The van der Waals surface area contributed by atoms with Crippen LogP contribution in [0.5, 0.6) is 0 Å². The Labute approximate surface area is 196 Å². The summed E-state index contributed by atoms with van der Waals surface area (Å²) < 4.78 is 0. The van der Waals surface area contributed by atoms with E-state index in [-0.39, 0.29) is 16.2 Å². The summed E-state index contributed by atoms with van der Waals surface area (Å²) in [5.41, 5.74) is 3.34. The van der Waals surface area contributed by atoms with E-state index >= 15 is 0 Å². The Kier molecular flexibility index (Phi) is 6.78. The van der Waals surface area contributed by atoms with Crippen LogP contribution in [-0.2, 0) is 22.7 Å². The lowest BCUT2D eigenvalue weighted by Crippen LogP contribution is -2.25. The molecule has 0 nitrogen and oxygen atoms in total. The summed E-state index contributed by atoms with van der Waals surface area (Å²) in [5.74, 6) is 0.686. The van der Waals surface area contributed by atoms with Crippen molar-refractivity contribution < 1.29 is 0 Å². The van der Waals surface area contributed by atoms with E-state index in [2.05, 4.69) is 97.3 Å². The zero-order valence-electron chi connectivity index (χ0n) is 20.2. The molecule has 0 fully saturated rings. The lowest BCUT2D eigenvalue weighted by Gasteiger charge is -2.32. The van der Waals surface area contributed by atoms with Crippen LogP contribution in [0.25, 0.3) is 0 Å². The first kappa shape index (κ1) is 23.8. The number of rotatable bonds is 7. The minimum absolute atomic E-state index is 0.0538. The largest absolute Gasteiger partial charge is 0.148 e. The van der Waals surface area contributed by atoms with Crippen molar-refractivity contribution in [2.24, 2.45) is 5.92 Å². The maximum atomic E-state index is 2.45. The Hall–Kier alpha value is -0.900. The minimum Gasteiger partial charge on any atom is -0.148 e. The summed E-state index contributed by atoms with van der Waals surface area (Å²) in [6.07, 6.45) is 2.28. The highest BCUT2D eigenvalue weighted by atomic mass is 32.1. The van der Waals surface area contributed by atoms with Gasteiger partial charge in [-0.25, -0.2) is 0 Å². The van der Waals surface area contributed by atoms with Crippen LogP contribution >= 0.6 is 34.0 Å². The van der Waals surface area contributed by atoms with Gasteiger partial charge in [-0.15, -0.1) is 34.0 Å². The average molecular weight is 459 g/mol. The van der Waals surface area contributed by atoms with Gasteiger partial charge in [0.25, 0.3) is 0 Å². The predicted octanol–water partition coefficient (Wildman–Crippen LogP) is 9.41. The van der Waals surface area contributed by atoms with Gasteiger partial charge in [-0.05, 0) is 77.3 Å². The molecule has 3 heterocycles. The van der Waals surface area contributed by atoms with Crippen molar-refractivity contribution in [2.75, 3.05) is 0 Å². The summed E-state index contributed by atoms with van der Waals surface area (Å²) in [6, 6.07) is 9.49. The molecule has 0 N–H and O–H groups in total. The molecule has 0 saturated carbocycles. The summed E-state index contributed by atoms with van der Waals surface area (Å²) in [5, 5.41) is 4.56. The first-order chi connectivity index (χ1) is 13.9. The summed E-state index contributed by atoms with van der Waals surface area (Å²) in [4.78, 5) is 6.07. The predicted molar refractivity (Wildman–Crippen MR) is 139 cm³/mol. The summed E-state index contributed by atoms with van der Waals surface area (Å²) >= 11 is 5.89. The van der Waals surface area contributed by atoms with E-state index in [4.69, 9.17) is 0 Å². The molecule has 0 aromatic carbocycles. The van der Waals surface area contributed by atoms with Crippen LogP contribution in [0, 0.1) is 5.92 Å². The van der Waals surface area contributed by atoms with Crippen LogP contribution < -0.4 is 0 Å². The van der Waals surface area contributed by atoms with E-state index in [1.54, 1.807) is 4.88 Å². The number of hydrogen-bond acceptors (Lipinski definition) is 3. The molecule has 1 atom stereocenters. The molecule has 0 spiro atoms. The second-order valence-corrected chi connectivity index (χ2v) is 13.7. The first-order valence-electron chi connectivity index (χ1n) is 11.2. The quantitative estimate of drug-likeness (QED) is 0.331. The van der Waals surface area contributed by atoms with Gasteiger partial charge >= 0.3 is 0 Å². The molecule has 0 radical (unpaired) electrons. The molecule has 0 amide bonds. The molecule has 0 aliphatic rings. The highest BCUT2D eigenvalue weighted by molar-refractivity contribution is 7.14. The Morgan fingerprint density at radius 1 is 0.800 bits per heavy atom. The van der Waals surface area contributed by atoms with E-state index in [1.807, 2.05) is 34.0 Å². The molecular formula is C27H38S3. The van der Waals surface area contributed by atoms with Crippen molar-refractivity contribution in [1.29, 1.82) is 0 Å². The van der Waals surface area contributed by atoms with Crippen LogP contribution in [0.2, 0.25) is 0 Å². The summed E-state index contributed by atoms with van der Waals surface area (Å²) in [7, 11) is 0. The van der Waals surface area contributed by atoms with Crippen molar-refractivity contribution in [3.63, 3.8) is 0 Å². The van der Waals surface area contributed by atoms with Crippen molar-refractivity contribution in [3.05, 3.63) is 65.7 Å². The van der Waals surface area contributed by atoms with Gasteiger partial charge in [0.2, 0.25) is 0 Å². The molecule has 3 aromatic heterocycles. The lowest BCUT2D eigenvalue weighted by atomic mass is 9.76. The second kappa shape index (κ2) is 8.56. The summed E-state index contributed by atoms with van der Waals surface area (Å²) in [6.45, 7) is 21.3. The smallest absolute Gasteiger partial charge is 0.0362 e. The van der Waals surface area contributed by atoms with Gasteiger partial charge in [-0.3, -0.25) is 0 Å². The maximum absolute atomic E-state index is 2.45. The zero-order chi connectivity index (χ0) is 22.3. The van der Waals surface area contributed by atoms with Gasteiger partial charge in [0, 0.05) is 30.3 Å². The second-order valence-electron chi connectivity index (χ2n) is 10.8. The Bertz CT molecular complexity index is 974. The maximum Gasteiger partial charge on any atom is 0.0362 e. The van der Waals surface area contributed by atoms with Crippen molar-refractivity contribution in [2.45, 2.75) is 91.4 Å². The van der Waals surface area contributed by atoms with Gasteiger partial charge < -0.3 is 0 Å². The van der Waals surface area contributed by atoms with Crippen LogP contribution in [0.4, 0.5) is 0 Å².